The fraction of sp³-hybridized carbons (Fsp3) is 0.227. The fourth-order valence-electron chi connectivity index (χ4n) is 3.77. The molecule has 1 heterocycles. The Morgan fingerprint density at radius 1 is 1.03 bits per heavy atom. The minimum Gasteiger partial charge on any atom is -0.457 e. The summed E-state index contributed by atoms with van der Waals surface area (Å²) in [6.45, 7) is -0.0571. The van der Waals surface area contributed by atoms with Gasteiger partial charge in [-0.25, -0.2) is 4.79 Å². The van der Waals surface area contributed by atoms with Crippen molar-refractivity contribution in [3.8, 4) is 0 Å². The number of nitro benzene ring substituents is 1. The van der Waals surface area contributed by atoms with E-state index < -0.39 is 10.9 Å². The minimum absolute atomic E-state index is 0.0477. The number of carbonyl (C=O) groups excluding carboxylic acids is 3. The number of carbonyl (C=O) groups is 3. The maximum absolute atomic E-state index is 12.7. The monoisotopic (exact) mass is 406 g/mol. The van der Waals surface area contributed by atoms with E-state index >= 15 is 0 Å². The molecule has 2 atom stereocenters. The number of nitro groups is 1. The van der Waals surface area contributed by atoms with Gasteiger partial charge in [0.1, 0.15) is 6.61 Å². The molecule has 2 amide bonds. The molecular formula is C22H18N2O6. The second-order valence-corrected chi connectivity index (χ2v) is 7.22. The zero-order valence-corrected chi connectivity index (χ0v) is 15.9. The summed E-state index contributed by atoms with van der Waals surface area (Å²) in [4.78, 5) is 49.2. The molecule has 0 N–H and O–H groups in total. The molecule has 8 heteroatoms. The van der Waals surface area contributed by atoms with Crippen LogP contribution < -0.4 is 4.90 Å². The second kappa shape index (κ2) is 7.90. The summed E-state index contributed by atoms with van der Waals surface area (Å²) in [5.41, 5.74) is 1.12. The van der Waals surface area contributed by atoms with Gasteiger partial charge in [-0.15, -0.1) is 0 Å². The summed E-state index contributed by atoms with van der Waals surface area (Å²) in [6, 6.07) is 11.9. The van der Waals surface area contributed by atoms with Crippen LogP contribution in [0.25, 0.3) is 0 Å². The molecule has 1 aliphatic carbocycles. The lowest BCUT2D eigenvalue weighted by atomic mass is 9.85. The quantitative estimate of drug-likeness (QED) is 0.248. The Kier molecular flexibility index (Phi) is 5.14. The SMILES string of the molecule is O=C(OCc1ccc([N+](=O)[O-])cc1)c1cccc(N2C(=O)C3CC=CCC3C2=O)c1. The molecule has 0 spiro atoms. The van der Waals surface area contributed by atoms with Crippen LogP contribution >= 0.6 is 0 Å². The molecule has 2 aromatic rings. The number of benzene rings is 2. The van der Waals surface area contributed by atoms with Crippen molar-refractivity contribution >= 4 is 29.2 Å². The number of nitrogens with zero attached hydrogens (tertiary/aromatic N) is 2. The number of imide groups is 1. The first kappa shape index (κ1) is 19.5. The first-order valence-corrected chi connectivity index (χ1v) is 9.49. The van der Waals surface area contributed by atoms with Crippen LogP contribution in [0.4, 0.5) is 11.4 Å². The van der Waals surface area contributed by atoms with E-state index in [4.69, 9.17) is 4.74 Å². The zero-order chi connectivity index (χ0) is 21.3. The summed E-state index contributed by atoms with van der Waals surface area (Å²) < 4.78 is 5.27. The summed E-state index contributed by atoms with van der Waals surface area (Å²) in [6.07, 6.45) is 4.93. The van der Waals surface area contributed by atoms with Gasteiger partial charge in [-0.3, -0.25) is 24.6 Å². The van der Waals surface area contributed by atoms with Crippen molar-refractivity contribution in [2.45, 2.75) is 19.4 Å². The van der Waals surface area contributed by atoms with E-state index in [1.807, 2.05) is 12.2 Å². The number of esters is 1. The number of ether oxygens (including phenoxy) is 1. The molecule has 2 aliphatic rings. The van der Waals surface area contributed by atoms with Gasteiger partial charge in [-0.1, -0.05) is 18.2 Å². The Labute approximate surface area is 171 Å². The minimum atomic E-state index is -0.617. The molecule has 152 valence electrons. The average Bonchev–Trinajstić information content (AvgIpc) is 3.03. The molecule has 30 heavy (non-hydrogen) atoms. The first-order chi connectivity index (χ1) is 14.5. The number of non-ortho nitro benzene ring substituents is 1. The summed E-state index contributed by atoms with van der Waals surface area (Å²) in [5, 5.41) is 10.7. The highest BCUT2D eigenvalue weighted by Gasteiger charge is 2.47. The van der Waals surface area contributed by atoms with Crippen molar-refractivity contribution in [2.75, 3.05) is 4.90 Å². The van der Waals surface area contributed by atoms with E-state index in [1.165, 1.54) is 30.3 Å². The van der Waals surface area contributed by atoms with Crippen molar-refractivity contribution < 1.29 is 24.0 Å². The number of amides is 2. The van der Waals surface area contributed by atoms with Gasteiger partial charge in [0.25, 0.3) is 5.69 Å². The Morgan fingerprint density at radius 2 is 1.67 bits per heavy atom. The highest BCUT2D eigenvalue weighted by atomic mass is 16.6. The molecule has 0 aromatic heterocycles. The van der Waals surface area contributed by atoms with Gasteiger partial charge < -0.3 is 4.74 Å². The zero-order valence-electron chi connectivity index (χ0n) is 15.9. The molecule has 2 aromatic carbocycles. The fourth-order valence-corrected chi connectivity index (χ4v) is 3.77. The van der Waals surface area contributed by atoms with Crippen LogP contribution in [-0.4, -0.2) is 22.7 Å². The molecule has 2 unspecified atom stereocenters. The highest BCUT2D eigenvalue weighted by molar-refractivity contribution is 6.22. The van der Waals surface area contributed by atoms with Crippen molar-refractivity contribution in [3.05, 3.63) is 81.9 Å². The lowest BCUT2D eigenvalue weighted by Crippen LogP contribution is -2.31. The molecule has 1 fully saturated rings. The van der Waals surface area contributed by atoms with E-state index in [0.717, 1.165) is 4.90 Å². The van der Waals surface area contributed by atoms with Crippen LogP contribution in [0.15, 0.2) is 60.7 Å². The largest absolute Gasteiger partial charge is 0.457 e. The van der Waals surface area contributed by atoms with Gasteiger partial charge in [0.15, 0.2) is 0 Å². The van der Waals surface area contributed by atoms with E-state index in [2.05, 4.69) is 0 Å². The third-order valence-electron chi connectivity index (χ3n) is 5.36. The Morgan fingerprint density at radius 3 is 2.27 bits per heavy atom. The van der Waals surface area contributed by atoms with E-state index in [1.54, 1.807) is 18.2 Å². The van der Waals surface area contributed by atoms with Gasteiger partial charge in [0.2, 0.25) is 11.8 Å². The van der Waals surface area contributed by atoms with E-state index in [-0.39, 0.29) is 41.5 Å². The smallest absolute Gasteiger partial charge is 0.338 e. The summed E-state index contributed by atoms with van der Waals surface area (Å²) in [5.74, 6) is -1.80. The van der Waals surface area contributed by atoms with Gasteiger partial charge >= 0.3 is 5.97 Å². The molecule has 4 rings (SSSR count). The number of anilines is 1. The van der Waals surface area contributed by atoms with Crippen LogP contribution in [0.1, 0.15) is 28.8 Å². The van der Waals surface area contributed by atoms with Gasteiger partial charge in [0.05, 0.1) is 28.0 Å². The predicted molar refractivity (Wildman–Crippen MR) is 107 cm³/mol. The second-order valence-electron chi connectivity index (χ2n) is 7.22. The number of hydrogen-bond acceptors (Lipinski definition) is 6. The summed E-state index contributed by atoms with van der Waals surface area (Å²) in [7, 11) is 0. The molecule has 1 aliphatic heterocycles. The molecule has 0 saturated carbocycles. The molecule has 0 bridgehead atoms. The Balaban J connectivity index is 1.46. The van der Waals surface area contributed by atoms with Crippen LogP contribution in [-0.2, 0) is 20.9 Å². The Hall–Kier alpha value is -3.81. The third-order valence-corrected chi connectivity index (χ3v) is 5.36. The molecule has 0 radical (unpaired) electrons. The molecule has 1 saturated heterocycles. The average molecular weight is 406 g/mol. The topological polar surface area (TPSA) is 107 Å². The van der Waals surface area contributed by atoms with Crippen LogP contribution in [0.2, 0.25) is 0 Å². The Bertz CT molecular complexity index is 1030. The summed E-state index contributed by atoms with van der Waals surface area (Å²) >= 11 is 0. The van der Waals surface area contributed by atoms with Crippen molar-refractivity contribution in [2.24, 2.45) is 11.8 Å². The number of rotatable bonds is 5. The van der Waals surface area contributed by atoms with E-state index in [9.17, 15) is 24.5 Å². The number of fused-ring (bicyclic) bond motifs is 1. The predicted octanol–water partition coefficient (Wildman–Crippen LogP) is 3.41. The lowest BCUT2D eigenvalue weighted by Gasteiger charge is -2.15. The van der Waals surface area contributed by atoms with Crippen molar-refractivity contribution in [1.82, 2.24) is 0 Å². The van der Waals surface area contributed by atoms with E-state index in [0.29, 0.717) is 24.1 Å². The van der Waals surface area contributed by atoms with Crippen molar-refractivity contribution in [1.29, 1.82) is 0 Å². The van der Waals surface area contributed by atoms with Crippen LogP contribution in [0.3, 0.4) is 0 Å². The third kappa shape index (κ3) is 3.59. The molecule has 8 nitrogen and oxygen atoms in total. The number of allylic oxidation sites excluding steroid dienone is 2. The van der Waals surface area contributed by atoms with Crippen molar-refractivity contribution in [3.63, 3.8) is 0 Å². The lowest BCUT2D eigenvalue weighted by molar-refractivity contribution is -0.384. The molecular weight excluding hydrogens is 388 g/mol. The van der Waals surface area contributed by atoms with Gasteiger partial charge in [-0.2, -0.15) is 0 Å². The maximum Gasteiger partial charge on any atom is 0.338 e. The van der Waals surface area contributed by atoms with Crippen LogP contribution in [0, 0.1) is 22.0 Å². The normalized spacial score (nSPS) is 20.2. The van der Waals surface area contributed by atoms with Gasteiger partial charge in [0, 0.05) is 12.1 Å². The highest BCUT2D eigenvalue weighted by Crippen LogP contribution is 2.37. The first-order valence-electron chi connectivity index (χ1n) is 9.49. The van der Waals surface area contributed by atoms with Crippen LogP contribution in [0.5, 0.6) is 0 Å². The standard InChI is InChI=1S/C22H18N2O6/c25-20-18-6-1-2-7-19(18)21(26)23(20)17-5-3-4-15(12-17)22(27)30-13-14-8-10-16(11-9-14)24(28)29/h1-5,8-12,18-19H,6-7,13H2. The number of hydrogen-bond donors (Lipinski definition) is 0. The maximum atomic E-state index is 12.7. The van der Waals surface area contributed by atoms with Gasteiger partial charge in [-0.05, 0) is 48.7 Å².